The number of non-ortho nitro benzene ring substituents is 1. The first-order valence-corrected chi connectivity index (χ1v) is 8.14. The highest BCUT2D eigenvalue weighted by Crippen LogP contribution is 2.38. The van der Waals surface area contributed by atoms with Gasteiger partial charge in [-0.05, 0) is 43.2 Å². The molecule has 0 saturated carbocycles. The average Bonchev–Trinajstić information content (AvgIpc) is 2.61. The Balaban J connectivity index is 2.50. The van der Waals surface area contributed by atoms with Crippen LogP contribution in [0.2, 0.25) is 5.02 Å². The minimum absolute atomic E-state index is 0.0812. The van der Waals surface area contributed by atoms with Gasteiger partial charge in [-0.15, -0.1) is 0 Å². The van der Waals surface area contributed by atoms with Gasteiger partial charge in [0.25, 0.3) is 5.69 Å². The summed E-state index contributed by atoms with van der Waals surface area (Å²) >= 11 is 6.29. The van der Waals surface area contributed by atoms with E-state index in [9.17, 15) is 15.4 Å². The Kier molecular flexibility index (Phi) is 6.21. The van der Waals surface area contributed by atoms with Crippen LogP contribution in [0.5, 0.6) is 11.5 Å². The van der Waals surface area contributed by atoms with Crippen LogP contribution in [0.4, 0.5) is 5.69 Å². The van der Waals surface area contributed by atoms with Crippen LogP contribution in [0, 0.1) is 21.4 Å². The molecule has 0 unspecified atom stereocenters. The van der Waals surface area contributed by atoms with Gasteiger partial charge >= 0.3 is 0 Å². The number of rotatable bonds is 6. The molecule has 0 aliphatic heterocycles. The molecular weight excluding hydrogens is 356 g/mol. The van der Waals surface area contributed by atoms with E-state index in [0.717, 1.165) is 0 Å². The summed E-state index contributed by atoms with van der Waals surface area (Å²) < 4.78 is 11.0. The predicted molar refractivity (Wildman–Crippen MR) is 100 cm³/mol. The number of nitriles is 1. The van der Waals surface area contributed by atoms with E-state index in [-0.39, 0.29) is 17.4 Å². The number of nitrogens with zero attached hydrogens (tertiary/aromatic N) is 2. The third-order valence-corrected chi connectivity index (χ3v) is 3.69. The van der Waals surface area contributed by atoms with Gasteiger partial charge in [-0.25, -0.2) is 0 Å². The van der Waals surface area contributed by atoms with Gasteiger partial charge in [-0.1, -0.05) is 23.7 Å². The fourth-order valence-electron chi connectivity index (χ4n) is 2.31. The lowest BCUT2D eigenvalue weighted by molar-refractivity contribution is -0.384. The fraction of sp³-hybridized carbons (Fsp3) is 0.211. The van der Waals surface area contributed by atoms with E-state index in [1.54, 1.807) is 24.3 Å². The second-order valence-corrected chi connectivity index (χ2v) is 6.09. The van der Waals surface area contributed by atoms with Gasteiger partial charge in [0.1, 0.15) is 0 Å². The second-order valence-electron chi connectivity index (χ2n) is 5.68. The second kappa shape index (κ2) is 8.37. The maximum Gasteiger partial charge on any atom is 0.270 e. The van der Waals surface area contributed by atoms with Crippen LogP contribution >= 0.6 is 11.6 Å². The Morgan fingerprint density at radius 2 is 2.08 bits per heavy atom. The molecule has 0 spiro atoms. The zero-order chi connectivity index (χ0) is 19.3. The standard InChI is InChI=1S/C19H17ClN2O4/c1-12(2)26-19-17(20)8-13(9-18(19)25-3)7-15(11-21)14-5-4-6-16(10-14)22(23)24/h4-10,12H,1-3H3. The first-order chi connectivity index (χ1) is 12.3. The van der Waals surface area contributed by atoms with Crippen LogP contribution in [0.15, 0.2) is 36.4 Å². The summed E-state index contributed by atoms with van der Waals surface area (Å²) in [6.07, 6.45) is 1.51. The molecule has 7 heteroatoms. The van der Waals surface area contributed by atoms with Crippen molar-refractivity contribution in [2.45, 2.75) is 20.0 Å². The maximum absolute atomic E-state index is 10.9. The molecule has 6 nitrogen and oxygen atoms in total. The number of nitro groups is 1. The van der Waals surface area contributed by atoms with Crippen molar-refractivity contribution in [3.8, 4) is 17.6 Å². The molecule has 0 atom stereocenters. The van der Waals surface area contributed by atoms with E-state index in [2.05, 4.69) is 6.07 Å². The van der Waals surface area contributed by atoms with Crippen molar-refractivity contribution < 1.29 is 14.4 Å². The lowest BCUT2D eigenvalue weighted by atomic mass is 10.0. The smallest absolute Gasteiger partial charge is 0.270 e. The number of hydrogen-bond donors (Lipinski definition) is 0. The van der Waals surface area contributed by atoms with Gasteiger partial charge in [-0.2, -0.15) is 5.26 Å². The first-order valence-electron chi connectivity index (χ1n) is 7.76. The van der Waals surface area contributed by atoms with Crippen molar-refractivity contribution in [1.82, 2.24) is 0 Å². The molecule has 0 heterocycles. The number of nitro benzene ring substituents is 1. The zero-order valence-electron chi connectivity index (χ0n) is 14.5. The van der Waals surface area contributed by atoms with Crippen LogP contribution in [0.1, 0.15) is 25.0 Å². The lowest BCUT2D eigenvalue weighted by Gasteiger charge is -2.15. The fourth-order valence-corrected chi connectivity index (χ4v) is 2.57. The summed E-state index contributed by atoms with van der Waals surface area (Å²) in [7, 11) is 1.50. The van der Waals surface area contributed by atoms with Crippen molar-refractivity contribution in [3.63, 3.8) is 0 Å². The van der Waals surface area contributed by atoms with Crippen molar-refractivity contribution in [2.24, 2.45) is 0 Å². The summed E-state index contributed by atoms with van der Waals surface area (Å²) in [4.78, 5) is 10.4. The maximum atomic E-state index is 10.9. The summed E-state index contributed by atoms with van der Waals surface area (Å²) in [6.45, 7) is 3.75. The number of benzene rings is 2. The van der Waals surface area contributed by atoms with Crippen molar-refractivity contribution >= 4 is 28.9 Å². The molecule has 2 rings (SSSR count). The monoisotopic (exact) mass is 372 g/mol. The quantitative estimate of drug-likeness (QED) is 0.304. The van der Waals surface area contributed by atoms with Crippen LogP contribution in [0.3, 0.4) is 0 Å². The SMILES string of the molecule is COc1cc(C=C(C#N)c2cccc([N+](=O)[O-])c2)cc(Cl)c1OC(C)C. The molecular formula is C19H17ClN2O4. The van der Waals surface area contributed by atoms with Crippen molar-refractivity contribution in [2.75, 3.05) is 7.11 Å². The minimum Gasteiger partial charge on any atom is -0.493 e. The largest absolute Gasteiger partial charge is 0.493 e. The van der Waals surface area contributed by atoms with Crippen molar-refractivity contribution in [3.05, 3.63) is 62.7 Å². The van der Waals surface area contributed by atoms with Gasteiger partial charge in [0, 0.05) is 12.1 Å². The number of halogens is 1. The Bertz CT molecular complexity index is 901. The third-order valence-electron chi connectivity index (χ3n) is 3.40. The molecule has 0 aliphatic carbocycles. The molecule has 0 aromatic heterocycles. The summed E-state index contributed by atoms with van der Waals surface area (Å²) in [6, 6.07) is 11.3. The molecule has 0 amide bonds. The van der Waals surface area contributed by atoms with E-state index in [0.29, 0.717) is 27.6 Å². The average molecular weight is 373 g/mol. The topological polar surface area (TPSA) is 85.4 Å². The van der Waals surface area contributed by atoms with Gasteiger partial charge in [0.2, 0.25) is 0 Å². The molecule has 134 valence electrons. The van der Waals surface area contributed by atoms with Gasteiger partial charge < -0.3 is 9.47 Å². The highest BCUT2D eigenvalue weighted by atomic mass is 35.5. The van der Waals surface area contributed by atoms with E-state index in [1.807, 2.05) is 13.8 Å². The van der Waals surface area contributed by atoms with Gasteiger partial charge in [0.05, 0.1) is 34.8 Å². The predicted octanol–water partition coefficient (Wildman–Crippen LogP) is 5.11. The minimum atomic E-state index is -0.504. The molecule has 0 bridgehead atoms. The Morgan fingerprint density at radius 3 is 2.65 bits per heavy atom. The van der Waals surface area contributed by atoms with Crippen LogP contribution in [0.25, 0.3) is 11.6 Å². The molecule has 0 saturated heterocycles. The number of allylic oxidation sites excluding steroid dienone is 1. The first kappa shape index (κ1) is 19.3. The molecule has 2 aromatic carbocycles. The Morgan fingerprint density at radius 1 is 1.35 bits per heavy atom. The molecule has 26 heavy (non-hydrogen) atoms. The van der Waals surface area contributed by atoms with Crippen LogP contribution < -0.4 is 9.47 Å². The van der Waals surface area contributed by atoms with Crippen LogP contribution in [-0.4, -0.2) is 18.1 Å². The zero-order valence-corrected chi connectivity index (χ0v) is 15.3. The van der Waals surface area contributed by atoms with Crippen molar-refractivity contribution in [1.29, 1.82) is 5.26 Å². The molecule has 0 radical (unpaired) electrons. The summed E-state index contributed by atoms with van der Waals surface area (Å²) in [5, 5.41) is 20.7. The Hall–Kier alpha value is -3.04. The summed E-state index contributed by atoms with van der Waals surface area (Å²) in [5.74, 6) is 0.865. The van der Waals surface area contributed by atoms with Gasteiger partial charge in [-0.3, -0.25) is 10.1 Å². The van der Waals surface area contributed by atoms with E-state index in [4.69, 9.17) is 21.1 Å². The van der Waals surface area contributed by atoms with Gasteiger partial charge in [0.15, 0.2) is 11.5 Å². The molecule has 2 aromatic rings. The van der Waals surface area contributed by atoms with E-state index < -0.39 is 4.92 Å². The van der Waals surface area contributed by atoms with Crippen LogP contribution in [-0.2, 0) is 0 Å². The number of hydrogen-bond acceptors (Lipinski definition) is 5. The summed E-state index contributed by atoms with van der Waals surface area (Å²) in [5.41, 5.74) is 1.25. The molecule has 0 fully saturated rings. The Labute approximate surface area is 156 Å². The third kappa shape index (κ3) is 4.52. The molecule has 0 aliphatic rings. The van der Waals surface area contributed by atoms with E-state index in [1.165, 1.54) is 25.3 Å². The normalized spacial score (nSPS) is 11.2. The van der Waals surface area contributed by atoms with E-state index >= 15 is 0 Å². The number of methoxy groups -OCH3 is 1. The number of ether oxygens (including phenoxy) is 2. The highest BCUT2D eigenvalue weighted by molar-refractivity contribution is 6.32. The highest BCUT2D eigenvalue weighted by Gasteiger charge is 2.14. The lowest BCUT2D eigenvalue weighted by Crippen LogP contribution is -2.07. The molecule has 0 N–H and O–H groups in total.